The molecule has 1 heterocycles. The molecule has 1 unspecified atom stereocenters. The molecule has 3 rings (SSSR count). The molecular weight excluding hydrogens is 393 g/mol. The zero-order valence-corrected chi connectivity index (χ0v) is 16.3. The number of benzene rings is 2. The maximum atomic E-state index is 13.2. The SMILES string of the molecule is CN(C)c1cccc(C2CCCN2S(=O)(=O)c2ccccc2OC(F)(F)F)c1. The van der Waals surface area contributed by atoms with Crippen LogP contribution in [0.4, 0.5) is 18.9 Å². The highest BCUT2D eigenvalue weighted by Crippen LogP contribution is 2.40. The first-order chi connectivity index (χ1) is 13.1. The molecule has 0 aromatic heterocycles. The molecule has 28 heavy (non-hydrogen) atoms. The fraction of sp³-hybridized carbons (Fsp3) is 0.368. The fourth-order valence-electron chi connectivity index (χ4n) is 3.37. The van der Waals surface area contributed by atoms with E-state index in [0.717, 1.165) is 23.4 Å². The molecule has 0 bridgehead atoms. The van der Waals surface area contributed by atoms with Crippen molar-refractivity contribution in [2.24, 2.45) is 0 Å². The van der Waals surface area contributed by atoms with Crippen molar-refractivity contribution in [3.63, 3.8) is 0 Å². The third-order valence-electron chi connectivity index (χ3n) is 4.64. The van der Waals surface area contributed by atoms with Crippen LogP contribution in [0.5, 0.6) is 5.75 Å². The molecule has 0 saturated carbocycles. The van der Waals surface area contributed by atoms with E-state index >= 15 is 0 Å². The largest absolute Gasteiger partial charge is 0.573 e. The predicted octanol–water partition coefficient (Wildman–Crippen LogP) is 4.18. The first-order valence-electron chi connectivity index (χ1n) is 8.73. The second-order valence-corrected chi connectivity index (χ2v) is 8.62. The molecule has 1 saturated heterocycles. The van der Waals surface area contributed by atoms with Crippen molar-refractivity contribution in [3.8, 4) is 5.75 Å². The smallest absolute Gasteiger partial charge is 0.404 e. The van der Waals surface area contributed by atoms with Gasteiger partial charge in [0.15, 0.2) is 0 Å². The molecule has 5 nitrogen and oxygen atoms in total. The van der Waals surface area contributed by atoms with Crippen molar-refractivity contribution in [2.45, 2.75) is 30.1 Å². The third-order valence-corrected chi connectivity index (χ3v) is 6.58. The van der Waals surface area contributed by atoms with E-state index in [9.17, 15) is 21.6 Å². The first-order valence-corrected chi connectivity index (χ1v) is 10.2. The van der Waals surface area contributed by atoms with E-state index in [1.165, 1.54) is 16.4 Å². The quantitative estimate of drug-likeness (QED) is 0.737. The van der Waals surface area contributed by atoms with Gasteiger partial charge >= 0.3 is 6.36 Å². The third kappa shape index (κ3) is 4.25. The summed E-state index contributed by atoms with van der Waals surface area (Å²) in [5.41, 5.74) is 1.73. The average molecular weight is 414 g/mol. The van der Waals surface area contributed by atoms with E-state index < -0.39 is 33.1 Å². The number of sulfonamides is 1. The highest BCUT2D eigenvalue weighted by atomic mass is 32.2. The lowest BCUT2D eigenvalue weighted by Gasteiger charge is -2.26. The van der Waals surface area contributed by atoms with Gasteiger partial charge in [-0.15, -0.1) is 13.2 Å². The summed E-state index contributed by atoms with van der Waals surface area (Å²) in [6, 6.07) is 11.9. The molecule has 1 atom stereocenters. The minimum Gasteiger partial charge on any atom is -0.404 e. The van der Waals surface area contributed by atoms with Gasteiger partial charge in [-0.2, -0.15) is 4.31 Å². The van der Waals surface area contributed by atoms with Crippen LogP contribution in [0.15, 0.2) is 53.4 Å². The highest BCUT2D eigenvalue weighted by Gasteiger charge is 2.40. The second kappa shape index (κ2) is 7.63. The van der Waals surface area contributed by atoms with Gasteiger partial charge in [0.05, 0.1) is 6.04 Å². The van der Waals surface area contributed by atoms with Crippen molar-refractivity contribution in [3.05, 3.63) is 54.1 Å². The molecule has 0 N–H and O–H groups in total. The molecule has 2 aromatic carbocycles. The molecule has 2 aromatic rings. The molecule has 9 heteroatoms. The van der Waals surface area contributed by atoms with Crippen LogP contribution in [0.2, 0.25) is 0 Å². The van der Waals surface area contributed by atoms with Crippen LogP contribution >= 0.6 is 0 Å². The Morgan fingerprint density at radius 3 is 2.50 bits per heavy atom. The Bertz CT molecular complexity index is 945. The topological polar surface area (TPSA) is 49.9 Å². The lowest BCUT2D eigenvalue weighted by Crippen LogP contribution is -2.31. The lowest BCUT2D eigenvalue weighted by atomic mass is 10.0. The zero-order chi connectivity index (χ0) is 20.5. The summed E-state index contributed by atoms with van der Waals surface area (Å²) in [6.07, 6.45) is -3.76. The van der Waals surface area contributed by atoms with Crippen LogP contribution in [0.25, 0.3) is 0 Å². The molecule has 0 spiro atoms. The van der Waals surface area contributed by atoms with Gasteiger partial charge in [-0.05, 0) is 42.7 Å². The van der Waals surface area contributed by atoms with Crippen LogP contribution in [0.3, 0.4) is 0 Å². The van der Waals surface area contributed by atoms with E-state index in [2.05, 4.69) is 4.74 Å². The van der Waals surface area contributed by atoms with Crippen LogP contribution in [0.1, 0.15) is 24.4 Å². The van der Waals surface area contributed by atoms with Crippen LogP contribution < -0.4 is 9.64 Å². The summed E-state index contributed by atoms with van der Waals surface area (Å²) in [5, 5.41) is 0. The van der Waals surface area contributed by atoms with E-state index in [1.54, 1.807) is 0 Å². The van der Waals surface area contributed by atoms with E-state index in [0.29, 0.717) is 12.8 Å². The van der Waals surface area contributed by atoms with Crippen molar-refractivity contribution in [1.29, 1.82) is 0 Å². The summed E-state index contributed by atoms with van der Waals surface area (Å²) in [4.78, 5) is 1.42. The highest BCUT2D eigenvalue weighted by molar-refractivity contribution is 7.89. The molecule has 1 fully saturated rings. The monoisotopic (exact) mass is 414 g/mol. The van der Waals surface area contributed by atoms with E-state index in [4.69, 9.17) is 0 Å². The molecule has 152 valence electrons. The number of hydrogen-bond acceptors (Lipinski definition) is 4. The Morgan fingerprint density at radius 1 is 1.11 bits per heavy atom. The van der Waals surface area contributed by atoms with Crippen molar-refractivity contribution < 1.29 is 26.3 Å². The Balaban J connectivity index is 1.99. The Labute approximate surface area is 162 Å². The van der Waals surface area contributed by atoms with Gasteiger partial charge in [0.1, 0.15) is 10.6 Å². The minimum absolute atomic E-state index is 0.236. The van der Waals surface area contributed by atoms with Gasteiger partial charge in [0.25, 0.3) is 0 Å². The number of rotatable bonds is 5. The minimum atomic E-state index is -4.98. The standard InChI is InChI=1S/C19H21F3N2O3S/c1-23(2)15-8-5-7-14(13-15)16-9-6-12-24(16)28(25,26)18-11-4-3-10-17(18)27-19(20,21)22/h3-5,7-8,10-11,13,16H,6,9,12H2,1-2H3. The van der Waals surface area contributed by atoms with Gasteiger partial charge in [-0.25, -0.2) is 8.42 Å². The Kier molecular flexibility index (Phi) is 5.58. The first kappa shape index (κ1) is 20.5. The number of alkyl halides is 3. The second-order valence-electron chi connectivity index (χ2n) is 6.76. The molecule has 0 amide bonds. The van der Waals surface area contributed by atoms with Crippen LogP contribution in [-0.2, 0) is 10.0 Å². The lowest BCUT2D eigenvalue weighted by molar-refractivity contribution is -0.275. The maximum Gasteiger partial charge on any atom is 0.573 e. The fourth-order valence-corrected chi connectivity index (χ4v) is 5.17. The molecule has 1 aliphatic heterocycles. The Morgan fingerprint density at radius 2 is 1.82 bits per heavy atom. The summed E-state index contributed by atoms with van der Waals surface area (Å²) in [5.74, 6) is -0.720. The van der Waals surface area contributed by atoms with E-state index in [1.807, 2.05) is 43.3 Å². The molecule has 0 aliphatic carbocycles. The summed E-state index contributed by atoms with van der Waals surface area (Å²) in [7, 11) is -0.414. The number of hydrogen-bond donors (Lipinski definition) is 0. The number of para-hydroxylation sites is 1. The zero-order valence-electron chi connectivity index (χ0n) is 15.5. The van der Waals surface area contributed by atoms with E-state index in [-0.39, 0.29) is 6.54 Å². The normalized spacial score (nSPS) is 18.2. The van der Waals surface area contributed by atoms with Crippen molar-refractivity contribution in [1.82, 2.24) is 4.31 Å². The van der Waals surface area contributed by atoms with Gasteiger partial charge in [0.2, 0.25) is 10.0 Å². The average Bonchev–Trinajstić information content (AvgIpc) is 3.11. The molecule has 1 aliphatic rings. The summed E-state index contributed by atoms with van der Waals surface area (Å²) >= 11 is 0. The number of anilines is 1. The number of halogens is 3. The van der Waals surface area contributed by atoms with Gasteiger partial charge in [-0.1, -0.05) is 24.3 Å². The maximum absolute atomic E-state index is 13.2. The molecule has 0 radical (unpaired) electrons. The van der Waals surface area contributed by atoms with Crippen molar-refractivity contribution in [2.75, 3.05) is 25.5 Å². The Hall–Kier alpha value is -2.26. The summed E-state index contributed by atoms with van der Waals surface area (Å²) in [6.45, 7) is 0.236. The van der Waals surface area contributed by atoms with Gasteiger partial charge in [-0.3, -0.25) is 0 Å². The predicted molar refractivity (Wildman–Crippen MR) is 99.8 cm³/mol. The van der Waals surface area contributed by atoms with Gasteiger partial charge in [0, 0.05) is 26.3 Å². The van der Waals surface area contributed by atoms with Crippen molar-refractivity contribution >= 4 is 15.7 Å². The van der Waals surface area contributed by atoms with Gasteiger partial charge < -0.3 is 9.64 Å². The number of nitrogens with zero attached hydrogens (tertiary/aromatic N) is 2. The van der Waals surface area contributed by atoms with Crippen LogP contribution in [0, 0.1) is 0 Å². The molecular formula is C19H21F3N2O3S. The van der Waals surface area contributed by atoms with Crippen LogP contribution in [-0.4, -0.2) is 39.7 Å². The summed E-state index contributed by atoms with van der Waals surface area (Å²) < 4.78 is 69.8. The number of ether oxygens (including phenoxy) is 1.